The zero-order valence-corrected chi connectivity index (χ0v) is 15.6. The topological polar surface area (TPSA) is 47.3 Å². The van der Waals surface area contributed by atoms with Crippen molar-refractivity contribution < 1.29 is 9.18 Å². The van der Waals surface area contributed by atoms with Crippen LogP contribution in [0.1, 0.15) is 5.56 Å². The van der Waals surface area contributed by atoms with E-state index in [1.54, 1.807) is 29.2 Å². The molecule has 0 aliphatic carbocycles. The summed E-state index contributed by atoms with van der Waals surface area (Å²) >= 11 is 3.42. The third kappa shape index (κ3) is 3.94. The van der Waals surface area contributed by atoms with Crippen LogP contribution in [0.5, 0.6) is 0 Å². The van der Waals surface area contributed by atoms with Crippen molar-refractivity contribution in [2.24, 2.45) is 0 Å². The predicted octanol–water partition coefficient (Wildman–Crippen LogP) is 3.84. The first kappa shape index (κ1) is 18.2. The number of benzene rings is 2. The molecular weight excluding hydrogens is 397 g/mol. The molecule has 1 amide bonds. The van der Waals surface area contributed by atoms with Gasteiger partial charge in [-0.05, 0) is 29.8 Å². The first-order valence-corrected chi connectivity index (χ1v) is 9.04. The fourth-order valence-electron chi connectivity index (χ4n) is 2.92. The number of carbonyl (C=O) groups excluding carboxylic acids is 1. The molecule has 1 saturated heterocycles. The number of piperazine rings is 1. The Hall–Kier alpha value is -2.65. The second-order valence-electron chi connectivity index (χ2n) is 5.92. The summed E-state index contributed by atoms with van der Waals surface area (Å²) in [6.07, 6.45) is 1.59. The number of nitriles is 1. The molecule has 132 valence electrons. The van der Waals surface area contributed by atoms with Crippen molar-refractivity contribution in [1.82, 2.24) is 4.90 Å². The minimum atomic E-state index is -0.295. The van der Waals surface area contributed by atoms with Gasteiger partial charge in [-0.2, -0.15) is 5.26 Å². The molecule has 1 heterocycles. The Morgan fingerprint density at radius 1 is 1.08 bits per heavy atom. The molecule has 0 bridgehead atoms. The van der Waals surface area contributed by atoms with E-state index in [1.807, 2.05) is 35.2 Å². The molecule has 2 aromatic rings. The summed E-state index contributed by atoms with van der Waals surface area (Å²) in [5, 5.41) is 9.40. The lowest BCUT2D eigenvalue weighted by molar-refractivity contribution is -0.126. The number of para-hydroxylation sites is 1. The van der Waals surface area contributed by atoms with Crippen molar-refractivity contribution in [2.45, 2.75) is 0 Å². The molecule has 1 aliphatic rings. The Labute approximate surface area is 160 Å². The first-order valence-electron chi connectivity index (χ1n) is 8.25. The molecule has 4 nitrogen and oxygen atoms in total. The Balaban J connectivity index is 1.71. The van der Waals surface area contributed by atoms with E-state index in [2.05, 4.69) is 15.9 Å². The van der Waals surface area contributed by atoms with Gasteiger partial charge in [-0.1, -0.05) is 46.3 Å². The molecule has 0 radical (unpaired) electrons. The molecule has 0 unspecified atom stereocenters. The minimum Gasteiger partial charge on any atom is -0.366 e. The van der Waals surface area contributed by atoms with E-state index in [0.29, 0.717) is 31.9 Å². The fraction of sp³-hybridized carbons (Fsp3) is 0.200. The van der Waals surface area contributed by atoms with Gasteiger partial charge in [0.2, 0.25) is 0 Å². The lowest BCUT2D eigenvalue weighted by Gasteiger charge is -2.36. The zero-order valence-electron chi connectivity index (χ0n) is 14.0. The third-order valence-electron chi connectivity index (χ3n) is 4.32. The van der Waals surface area contributed by atoms with E-state index in [-0.39, 0.29) is 17.3 Å². The highest BCUT2D eigenvalue weighted by Gasteiger charge is 2.25. The van der Waals surface area contributed by atoms with Crippen LogP contribution in [0.2, 0.25) is 0 Å². The average Bonchev–Trinajstić information content (AvgIpc) is 2.67. The average molecular weight is 414 g/mol. The normalized spacial score (nSPS) is 14.9. The Bertz CT molecular complexity index is 883. The molecule has 1 aliphatic heterocycles. The van der Waals surface area contributed by atoms with E-state index in [9.17, 15) is 14.4 Å². The van der Waals surface area contributed by atoms with Gasteiger partial charge in [0.25, 0.3) is 5.91 Å². The van der Waals surface area contributed by atoms with Crippen LogP contribution < -0.4 is 4.90 Å². The Morgan fingerprint density at radius 2 is 1.73 bits per heavy atom. The molecule has 6 heteroatoms. The van der Waals surface area contributed by atoms with Crippen molar-refractivity contribution in [3.05, 3.63) is 70.0 Å². The van der Waals surface area contributed by atoms with Crippen LogP contribution in [0.3, 0.4) is 0 Å². The maximum absolute atomic E-state index is 13.9. The Kier molecular flexibility index (Phi) is 5.69. The van der Waals surface area contributed by atoms with Crippen LogP contribution in [-0.4, -0.2) is 37.0 Å². The zero-order chi connectivity index (χ0) is 18.5. The largest absolute Gasteiger partial charge is 0.366 e. The SMILES string of the molecule is N#C/C(=C\c1ccccc1Br)C(=O)N1CCN(c2ccccc2F)CC1. The second-order valence-corrected chi connectivity index (χ2v) is 6.78. The van der Waals surface area contributed by atoms with Crippen molar-refractivity contribution >= 4 is 33.6 Å². The van der Waals surface area contributed by atoms with Crippen molar-refractivity contribution in [2.75, 3.05) is 31.1 Å². The van der Waals surface area contributed by atoms with Crippen LogP contribution in [0.25, 0.3) is 6.08 Å². The molecule has 1 fully saturated rings. The molecule has 0 N–H and O–H groups in total. The third-order valence-corrected chi connectivity index (χ3v) is 5.04. The molecule has 26 heavy (non-hydrogen) atoms. The monoisotopic (exact) mass is 413 g/mol. The smallest absolute Gasteiger partial charge is 0.264 e. The van der Waals surface area contributed by atoms with Crippen molar-refractivity contribution in [3.63, 3.8) is 0 Å². The summed E-state index contributed by atoms with van der Waals surface area (Å²) < 4.78 is 14.7. The first-order chi connectivity index (χ1) is 12.6. The van der Waals surface area contributed by atoms with Crippen molar-refractivity contribution in [1.29, 1.82) is 5.26 Å². The van der Waals surface area contributed by atoms with Gasteiger partial charge in [0, 0.05) is 30.7 Å². The van der Waals surface area contributed by atoms with Gasteiger partial charge in [-0.15, -0.1) is 0 Å². The summed E-state index contributed by atoms with van der Waals surface area (Å²) in [5.74, 6) is -0.560. The number of amides is 1. The van der Waals surface area contributed by atoms with Crippen LogP contribution >= 0.6 is 15.9 Å². The van der Waals surface area contributed by atoms with Gasteiger partial charge >= 0.3 is 0 Å². The molecule has 0 aromatic heterocycles. The maximum Gasteiger partial charge on any atom is 0.264 e. The quantitative estimate of drug-likeness (QED) is 0.567. The van der Waals surface area contributed by atoms with Crippen LogP contribution in [-0.2, 0) is 4.79 Å². The highest BCUT2D eigenvalue weighted by atomic mass is 79.9. The molecule has 0 atom stereocenters. The van der Waals surface area contributed by atoms with E-state index in [0.717, 1.165) is 10.0 Å². The molecule has 2 aromatic carbocycles. The number of carbonyl (C=O) groups is 1. The molecule has 0 saturated carbocycles. The number of hydrogen-bond acceptors (Lipinski definition) is 3. The van der Waals surface area contributed by atoms with Gasteiger partial charge in [-0.25, -0.2) is 4.39 Å². The van der Waals surface area contributed by atoms with Crippen LogP contribution in [0, 0.1) is 17.1 Å². The summed E-state index contributed by atoms with van der Waals surface area (Å²) in [7, 11) is 0. The molecule has 3 rings (SSSR count). The number of anilines is 1. The molecular formula is C20H17BrFN3O. The van der Waals surface area contributed by atoms with Gasteiger partial charge in [-0.3, -0.25) is 4.79 Å². The number of nitrogens with zero attached hydrogens (tertiary/aromatic N) is 3. The van der Waals surface area contributed by atoms with Crippen LogP contribution in [0.15, 0.2) is 58.6 Å². The van der Waals surface area contributed by atoms with E-state index < -0.39 is 0 Å². The lowest BCUT2D eigenvalue weighted by atomic mass is 10.1. The summed E-state index contributed by atoms with van der Waals surface area (Å²) in [6, 6.07) is 16.0. The highest BCUT2D eigenvalue weighted by molar-refractivity contribution is 9.10. The Morgan fingerprint density at radius 3 is 2.38 bits per heavy atom. The minimum absolute atomic E-state index is 0.0937. The highest BCUT2D eigenvalue weighted by Crippen LogP contribution is 2.22. The predicted molar refractivity (Wildman–Crippen MR) is 103 cm³/mol. The standard InChI is InChI=1S/C20H17BrFN3O/c21-17-6-2-1-5-15(17)13-16(14-23)20(26)25-11-9-24(10-12-25)19-8-4-3-7-18(19)22/h1-8,13H,9-12H2/b16-13+. The van der Waals surface area contributed by atoms with Crippen LogP contribution in [0.4, 0.5) is 10.1 Å². The number of hydrogen-bond donors (Lipinski definition) is 0. The van der Waals surface area contributed by atoms with Gasteiger partial charge < -0.3 is 9.80 Å². The second kappa shape index (κ2) is 8.15. The van der Waals surface area contributed by atoms with Gasteiger partial charge in [0.05, 0.1) is 5.69 Å². The van der Waals surface area contributed by atoms with Gasteiger partial charge in [0.1, 0.15) is 17.5 Å². The summed E-state index contributed by atoms with van der Waals surface area (Å²) in [4.78, 5) is 16.2. The van der Waals surface area contributed by atoms with E-state index >= 15 is 0 Å². The lowest BCUT2D eigenvalue weighted by Crippen LogP contribution is -2.49. The summed E-state index contributed by atoms with van der Waals surface area (Å²) in [6.45, 7) is 1.95. The number of halogens is 2. The fourth-order valence-corrected chi connectivity index (χ4v) is 3.32. The number of rotatable bonds is 3. The maximum atomic E-state index is 13.9. The van der Waals surface area contributed by atoms with E-state index in [1.165, 1.54) is 6.07 Å². The van der Waals surface area contributed by atoms with E-state index in [4.69, 9.17) is 0 Å². The molecule has 0 spiro atoms. The summed E-state index contributed by atoms with van der Waals surface area (Å²) in [5.41, 5.74) is 1.42. The van der Waals surface area contributed by atoms with Crippen molar-refractivity contribution in [3.8, 4) is 6.07 Å². The van der Waals surface area contributed by atoms with Gasteiger partial charge in [0.15, 0.2) is 0 Å².